The van der Waals surface area contributed by atoms with E-state index in [2.05, 4.69) is 16.7 Å². The van der Waals surface area contributed by atoms with E-state index in [0.29, 0.717) is 16.4 Å². The number of amides is 3. The maximum absolute atomic E-state index is 13.6. The van der Waals surface area contributed by atoms with E-state index in [4.69, 9.17) is 4.74 Å². The highest BCUT2D eigenvalue weighted by Crippen LogP contribution is 2.22. The Balaban J connectivity index is 2.43. The molecule has 0 unspecified atom stereocenters. The van der Waals surface area contributed by atoms with Crippen LogP contribution in [0.15, 0.2) is 29.8 Å². The number of carbonyl (C=O) groups excluding carboxylic acids is 4. The number of nitrogens with zero attached hydrogens (tertiary/aromatic N) is 1. The number of hydrogen-bond donors (Lipinski definition) is 3. The lowest BCUT2D eigenvalue weighted by Gasteiger charge is -2.31. The third-order valence-corrected chi connectivity index (χ3v) is 7.77. The van der Waals surface area contributed by atoms with Crippen molar-refractivity contribution in [2.75, 3.05) is 13.6 Å². The smallest absolute Gasteiger partial charge is 0.329 e. The summed E-state index contributed by atoms with van der Waals surface area (Å²) in [7, 11) is 1.50. The highest BCUT2D eigenvalue weighted by atomic mass is 127. The number of esters is 1. The number of benzene rings is 1. The Bertz CT molecular complexity index is 1090. The molecule has 0 fully saturated rings. The fourth-order valence-electron chi connectivity index (χ4n) is 4.73. The van der Waals surface area contributed by atoms with E-state index in [1.54, 1.807) is 12.1 Å². The summed E-state index contributed by atoms with van der Waals surface area (Å²) in [5, 5.41) is 15.4. The number of allylic oxidation sites excluding steroid dienone is 2. The van der Waals surface area contributed by atoms with Crippen LogP contribution in [0.1, 0.15) is 59.9 Å². The van der Waals surface area contributed by atoms with Gasteiger partial charge in [-0.25, -0.2) is 4.79 Å². The second-order valence-corrected chi connectivity index (χ2v) is 12.2. The van der Waals surface area contributed by atoms with E-state index >= 15 is 0 Å². The molecule has 3 amide bonds. The number of nitrogens with one attached hydrogen (secondary N) is 2. The minimum Gasteiger partial charge on any atom is -0.507 e. The number of hydrogen-bond acceptors (Lipinski definition) is 6. The van der Waals surface area contributed by atoms with Gasteiger partial charge in [-0.05, 0) is 78.8 Å². The van der Waals surface area contributed by atoms with Crippen LogP contribution in [-0.4, -0.2) is 65.5 Å². The SMILES string of the molecule is CC1=C[C@H](C)C[C@H](C)OC(=O)[C@H](C(C)C)NC(=O)[C@H](Cc2ccc(O)c(I)c2)N(C)C(=O)CNC(=O)[C@H](C)C1. The molecule has 1 heterocycles. The topological polar surface area (TPSA) is 125 Å². The minimum atomic E-state index is -0.970. The third kappa shape index (κ3) is 9.81. The van der Waals surface area contributed by atoms with Crippen molar-refractivity contribution in [3.63, 3.8) is 0 Å². The number of carbonyl (C=O) groups is 4. The van der Waals surface area contributed by atoms with Gasteiger partial charge in [-0.3, -0.25) is 14.4 Å². The van der Waals surface area contributed by atoms with E-state index in [1.165, 1.54) is 18.0 Å². The van der Waals surface area contributed by atoms with Gasteiger partial charge in [0.2, 0.25) is 17.7 Å². The molecule has 39 heavy (non-hydrogen) atoms. The second-order valence-electron chi connectivity index (χ2n) is 11.0. The number of phenols is 1. The first-order valence-corrected chi connectivity index (χ1v) is 14.5. The van der Waals surface area contributed by atoms with E-state index in [9.17, 15) is 24.3 Å². The molecule has 0 saturated carbocycles. The molecule has 0 spiro atoms. The Morgan fingerprint density at radius 2 is 1.79 bits per heavy atom. The molecule has 0 aromatic heterocycles. The van der Waals surface area contributed by atoms with Gasteiger partial charge < -0.3 is 25.4 Å². The number of ether oxygens (including phenoxy) is 1. The molecule has 0 saturated heterocycles. The van der Waals surface area contributed by atoms with E-state index in [0.717, 1.165) is 11.1 Å². The summed E-state index contributed by atoms with van der Waals surface area (Å²) in [5.74, 6) is -2.08. The molecule has 3 N–H and O–H groups in total. The molecule has 10 heteroatoms. The predicted molar refractivity (Wildman–Crippen MR) is 158 cm³/mol. The Kier molecular flexibility index (Phi) is 12.3. The molecular formula is C29H42IN3O6. The van der Waals surface area contributed by atoms with Crippen molar-refractivity contribution in [1.29, 1.82) is 0 Å². The third-order valence-electron chi connectivity index (χ3n) is 6.90. The van der Waals surface area contributed by atoms with Crippen LogP contribution in [0, 0.1) is 21.3 Å². The van der Waals surface area contributed by atoms with Crippen molar-refractivity contribution in [2.45, 2.75) is 79.0 Å². The minimum absolute atomic E-state index is 0.113. The first-order chi connectivity index (χ1) is 18.2. The molecule has 9 nitrogen and oxygen atoms in total. The van der Waals surface area contributed by atoms with Crippen LogP contribution in [-0.2, 0) is 30.3 Å². The molecule has 1 aliphatic rings. The van der Waals surface area contributed by atoms with E-state index in [-0.39, 0.29) is 48.5 Å². The second kappa shape index (κ2) is 14.7. The van der Waals surface area contributed by atoms with Crippen molar-refractivity contribution >= 4 is 46.3 Å². The first kappa shape index (κ1) is 32.6. The molecule has 0 bridgehead atoms. The lowest BCUT2D eigenvalue weighted by molar-refractivity contribution is -0.154. The standard InChI is InChI=1S/C29H42IN3O6/c1-16(2)26-29(38)39-20(6)12-18(4)10-17(3)11-19(5)27(36)31-15-25(35)33(7)23(28(37)32-26)14-21-8-9-24(34)22(30)13-21/h8-10,13,16,18-20,23,26,34H,11-12,14-15H2,1-7H3,(H,31,36)(H,32,37)/t18-,19+,20-,23-,26-/m0/s1. The Labute approximate surface area is 245 Å². The van der Waals surface area contributed by atoms with Crippen LogP contribution in [0.5, 0.6) is 5.75 Å². The maximum Gasteiger partial charge on any atom is 0.329 e. The fourth-order valence-corrected chi connectivity index (χ4v) is 5.31. The first-order valence-electron chi connectivity index (χ1n) is 13.4. The average Bonchev–Trinajstić information content (AvgIpc) is 2.84. The zero-order chi connectivity index (χ0) is 29.4. The summed E-state index contributed by atoms with van der Waals surface area (Å²) < 4.78 is 6.34. The summed E-state index contributed by atoms with van der Waals surface area (Å²) in [6.45, 7) is 11.0. The van der Waals surface area contributed by atoms with E-state index < -0.39 is 29.9 Å². The number of cyclic esters (lactones) is 1. The summed E-state index contributed by atoms with van der Waals surface area (Å²) >= 11 is 1.99. The Morgan fingerprint density at radius 1 is 1.13 bits per heavy atom. The van der Waals surface area contributed by atoms with E-state index in [1.807, 2.05) is 64.1 Å². The van der Waals surface area contributed by atoms with Crippen molar-refractivity contribution in [2.24, 2.45) is 17.8 Å². The molecule has 2 rings (SSSR count). The number of likely N-dealkylation sites (N-methyl/N-ethyl adjacent to an activating group) is 1. The Hall–Kier alpha value is -2.63. The molecular weight excluding hydrogens is 613 g/mol. The fraction of sp³-hybridized carbons (Fsp3) is 0.586. The van der Waals surface area contributed by atoms with Gasteiger partial charge in [0.25, 0.3) is 0 Å². The lowest BCUT2D eigenvalue weighted by Crippen LogP contribution is -2.56. The summed E-state index contributed by atoms with van der Waals surface area (Å²) in [6, 6.07) is 3.08. The average molecular weight is 656 g/mol. The largest absolute Gasteiger partial charge is 0.507 e. The Morgan fingerprint density at radius 3 is 2.41 bits per heavy atom. The lowest BCUT2D eigenvalue weighted by atomic mass is 9.95. The van der Waals surface area contributed by atoms with Crippen molar-refractivity contribution in [3.8, 4) is 5.75 Å². The van der Waals surface area contributed by atoms with Crippen molar-refractivity contribution < 1.29 is 29.0 Å². The van der Waals surface area contributed by atoms with Crippen molar-refractivity contribution in [3.05, 3.63) is 39.0 Å². The molecule has 0 aliphatic carbocycles. The summed E-state index contributed by atoms with van der Waals surface area (Å²) in [4.78, 5) is 53.9. The molecule has 5 atom stereocenters. The molecule has 1 aromatic carbocycles. The highest BCUT2D eigenvalue weighted by Gasteiger charge is 2.33. The van der Waals surface area contributed by atoms with Crippen LogP contribution in [0.3, 0.4) is 0 Å². The molecule has 1 aromatic rings. The van der Waals surface area contributed by atoms with Gasteiger partial charge in [0.05, 0.1) is 16.2 Å². The van der Waals surface area contributed by atoms with Gasteiger partial charge in [-0.15, -0.1) is 0 Å². The highest BCUT2D eigenvalue weighted by molar-refractivity contribution is 14.1. The summed E-state index contributed by atoms with van der Waals surface area (Å²) in [5.41, 5.74) is 1.77. The molecule has 1 aliphatic heterocycles. The van der Waals surface area contributed by atoms with Crippen molar-refractivity contribution in [1.82, 2.24) is 15.5 Å². The van der Waals surface area contributed by atoms with Gasteiger partial charge in [0, 0.05) is 19.4 Å². The van der Waals surface area contributed by atoms with Gasteiger partial charge in [0.15, 0.2) is 0 Å². The number of aromatic hydroxyl groups is 1. The quantitative estimate of drug-likeness (QED) is 0.260. The van der Waals surface area contributed by atoms with Crippen LogP contribution in [0.2, 0.25) is 0 Å². The van der Waals surface area contributed by atoms with Gasteiger partial charge in [-0.2, -0.15) is 0 Å². The van der Waals surface area contributed by atoms with Gasteiger partial charge >= 0.3 is 5.97 Å². The monoisotopic (exact) mass is 655 g/mol. The van der Waals surface area contributed by atoms with Crippen LogP contribution in [0.25, 0.3) is 0 Å². The molecule has 216 valence electrons. The number of rotatable bonds is 3. The van der Waals surface area contributed by atoms with Crippen LogP contribution >= 0.6 is 22.6 Å². The number of phenolic OH excluding ortho intramolecular Hbond substituents is 1. The van der Waals surface area contributed by atoms with Gasteiger partial charge in [0.1, 0.15) is 17.8 Å². The van der Waals surface area contributed by atoms with Gasteiger partial charge in [-0.1, -0.05) is 45.4 Å². The van der Waals surface area contributed by atoms with Crippen LogP contribution < -0.4 is 10.6 Å². The van der Waals surface area contributed by atoms with Crippen LogP contribution in [0.4, 0.5) is 0 Å². The molecule has 0 radical (unpaired) electrons. The predicted octanol–water partition coefficient (Wildman–Crippen LogP) is 3.57. The summed E-state index contributed by atoms with van der Waals surface area (Å²) in [6.07, 6.45) is 2.98. The maximum atomic E-state index is 13.6. The zero-order valence-corrected chi connectivity index (χ0v) is 26.1. The normalized spacial score (nSPS) is 26.7. The zero-order valence-electron chi connectivity index (χ0n) is 23.9. The number of halogens is 1.